The molecule has 0 unspecified atom stereocenters. The van der Waals surface area contributed by atoms with Gasteiger partial charge in [-0.05, 0) is 37.5 Å². The number of benzene rings is 1. The molecule has 1 saturated heterocycles. The van der Waals surface area contributed by atoms with Crippen LogP contribution in [0.1, 0.15) is 29.6 Å². The number of hydrogen-bond acceptors (Lipinski definition) is 5. The quantitative estimate of drug-likeness (QED) is 0.671. The highest BCUT2D eigenvalue weighted by atomic mass is 16.5. The van der Waals surface area contributed by atoms with E-state index in [4.69, 9.17) is 15.2 Å². The van der Waals surface area contributed by atoms with Gasteiger partial charge in [0.2, 0.25) is 0 Å². The smallest absolute Gasteiger partial charge is 0.342 e. The topological polar surface area (TPSA) is 81.9 Å². The third-order valence-corrected chi connectivity index (χ3v) is 3.48. The van der Waals surface area contributed by atoms with Crippen LogP contribution in [0.3, 0.4) is 0 Å². The first-order valence-corrected chi connectivity index (χ1v) is 7.00. The van der Waals surface area contributed by atoms with E-state index in [1.54, 1.807) is 17.0 Å². The highest BCUT2D eigenvalue weighted by Crippen LogP contribution is 2.22. The SMILES string of the molecule is COc1ccc(N)cc1C(=O)OCC(=O)N1CCCCC1. The molecule has 1 heterocycles. The average Bonchev–Trinajstić information content (AvgIpc) is 2.53. The molecule has 0 radical (unpaired) electrons. The lowest BCUT2D eigenvalue weighted by Gasteiger charge is -2.26. The number of amides is 1. The minimum atomic E-state index is -0.607. The maximum absolute atomic E-state index is 12.0. The van der Waals surface area contributed by atoms with E-state index in [0.29, 0.717) is 11.4 Å². The lowest BCUT2D eigenvalue weighted by molar-refractivity contribution is -0.135. The molecule has 21 heavy (non-hydrogen) atoms. The molecule has 6 heteroatoms. The second kappa shape index (κ2) is 6.97. The lowest BCUT2D eigenvalue weighted by atomic mass is 10.1. The summed E-state index contributed by atoms with van der Waals surface area (Å²) in [7, 11) is 1.46. The Morgan fingerprint density at radius 3 is 2.62 bits per heavy atom. The van der Waals surface area contributed by atoms with Gasteiger partial charge in [0, 0.05) is 18.8 Å². The molecule has 2 N–H and O–H groups in total. The number of carbonyl (C=O) groups excluding carboxylic acids is 2. The number of piperidine rings is 1. The van der Waals surface area contributed by atoms with Gasteiger partial charge in [-0.25, -0.2) is 4.79 Å². The first-order valence-electron chi connectivity index (χ1n) is 7.00. The standard InChI is InChI=1S/C15H20N2O4/c1-20-13-6-5-11(16)9-12(13)15(19)21-10-14(18)17-7-3-2-4-8-17/h5-6,9H,2-4,7-8,10,16H2,1H3. The molecule has 2 rings (SSSR count). The van der Waals surface area contributed by atoms with Crippen LogP contribution in [-0.4, -0.2) is 43.6 Å². The van der Waals surface area contributed by atoms with Gasteiger partial charge in [-0.3, -0.25) is 4.79 Å². The maximum Gasteiger partial charge on any atom is 0.342 e. The van der Waals surface area contributed by atoms with E-state index >= 15 is 0 Å². The Bertz CT molecular complexity index is 524. The highest BCUT2D eigenvalue weighted by Gasteiger charge is 2.20. The Morgan fingerprint density at radius 2 is 1.95 bits per heavy atom. The lowest BCUT2D eigenvalue weighted by Crippen LogP contribution is -2.38. The summed E-state index contributed by atoms with van der Waals surface area (Å²) in [6.07, 6.45) is 3.15. The van der Waals surface area contributed by atoms with E-state index in [2.05, 4.69) is 0 Å². The summed E-state index contributed by atoms with van der Waals surface area (Å²) in [5.41, 5.74) is 6.32. The zero-order chi connectivity index (χ0) is 15.2. The molecule has 114 valence electrons. The van der Waals surface area contributed by atoms with Crippen molar-refractivity contribution < 1.29 is 19.1 Å². The fourth-order valence-electron chi connectivity index (χ4n) is 2.32. The number of rotatable bonds is 4. The summed E-state index contributed by atoms with van der Waals surface area (Å²) in [4.78, 5) is 25.7. The number of esters is 1. The maximum atomic E-state index is 12.0. The second-order valence-electron chi connectivity index (χ2n) is 4.98. The third-order valence-electron chi connectivity index (χ3n) is 3.48. The molecular weight excluding hydrogens is 272 g/mol. The summed E-state index contributed by atoms with van der Waals surface area (Å²) in [5.74, 6) is -0.393. The molecule has 1 aliphatic heterocycles. The number of nitrogens with two attached hydrogens (primary N) is 1. The van der Waals surface area contributed by atoms with Crippen molar-refractivity contribution in [2.45, 2.75) is 19.3 Å². The Hall–Kier alpha value is -2.24. The van der Waals surface area contributed by atoms with Gasteiger partial charge in [0.1, 0.15) is 11.3 Å². The zero-order valence-corrected chi connectivity index (χ0v) is 12.1. The Labute approximate surface area is 123 Å². The summed E-state index contributed by atoms with van der Waals surface area (Å²) in [5, 5.41) is 0. The van der Waals surface area contributed by atoms with Gasteiger partial charge in [-0.1, -0.05) is 0 Å². The van der Waals surface area contributed by atoms with Crippen molar-refractivity contribution in [3.8, 4) is 5.75 Å². The summed E-state index contributed by atoms with van der Waals surface area (Å²) < 4.78 is 10.2. The monoisotopic (exact) mass is 292 g/mol. The van der Waals surface area contributed by atoms with Gasteiger partial charge < -0.3 is 20.1 Å². The van der Waals surface area contributed by atoms with E-state index in [1.807, 2.05) is 0 Å². The number of nitrogen functional groups attached to an aromatic ring is 1. The number of carbonyl (C=O) groups is 2. The number of methoxy groups -OCH3 is 1. The molecule has 1 aromatic rings. The van der Waals surface area contributed by atoms with E-state index in [1.165, 1.54) is 13.2 Å². The van der Waals surface area contributed by atoms with Crippen LogP contribution in [-0.2, 0) is 9.53 Å². The molecular formula is C15H20N2O4. The molecule has 0 bridgehead atoms. The molecule has 1 amide bonds. The van der Waals surface area contributed by atoms with Gasteiger partial charge in [0.15, 0.2) is 6.61 Å². The summed E-state index contributed by atoms with van der Waals surface area (Å²) in [6.45, 7) is 1.22. The largest absolute Gasteiger partial charge is 0.496 e. The van der Waals surface area contributed by atoms with Crippen LogP contribution in [0, 0.1) is 0 Å². The first-order chi connectivity index (χ1) is 10.1. The van der Waals surface area contributed by atoms with Gasteiger partial charge in [0.25, 0.3) is 5.91 Å². The van der Waals surface area contributed by atoms with E-state index in [0.717, 1.165) is 32.4 Å². The van der Waals surface area contributed by atoms with Crippen molar-refractivity contribution in [1.29, 1.82) is 0 Å². The molecule has 1 aromatic carbocycles. The second-order valence-corrected chi connectivity index (χ2v) is 4.98. The van der Waals surface area contributed by atoms with Crippen LogP contribution in [0.2, 0.25) is 0 Å². The predicted octanol–water partition coefficient (Wildman–Crippen LogP) is 1.45. The summed E-state index contributed by atoms with van der Waals surface area (Å²) >= 11 is 0. The Kier molecular flexibility index (Phi) is 5.03. The van der Waals surface area contributed by atoms with E-state index in [9.17, 15) is 9.59 Å². The third kappa shape index (κ3) is 3.87. The highest BCUT2D eigenvalue weighted by molar-refractivity contribution is 5.95. The van der Waals surface area contributed by atoms with Gasteiger partial charge in [0.05, 0.1) is 7.11 Å². The molecule has 0 atom stereocenters. The molecule has 1 aliphatic rings. The predicted molar refractivity (Wildman–Crippen MR) is 78.1 cm³/mol. The van der Waals surface area contributed by atoms with Gasteiger partial charge in [-0.2, -0.15) is 0 Å². The zero-order valence-electron chi connectivity index (χ0n) is 12.1. The number of nitrogens with zero attached hydrogens (tertiary/aromatic N) is 1. The van der Waals surface area contributed by atoms with Crippen LogP contribution in [0.4, 0.5) is 5.69 Å². The molecule has 6 nitrogen and oxygen atoms in total. The van der Waals surface area contributed by atoms with Gasteiger partial charge >= 0.3 is 5.97 Å². The van der Waals surface area contributed by atoms with Crippen molar-refractivity contribution in [2.24, 2.45) is 0 Å². The van der Waals surface area contributed by atoms with Crippen molar-refractivity contribution >= 4 is 17.6 Å². The van der Waals surface area contributed by atoms with Gasteiger partial charge in [-0.15, -0.1) is 0 Å². The molecule has 0 aliphatic carbocycles. The summed E-state index contributed by atoms with van der Waals surface area (Å²) in [6, 6.07) is 4.71. The Morgan fingerprint density at radius 1 is 1.24 bits per heavy atom. The normalized spacial score (nSPS) is 14.6. The molecule has 0 saturated carbocycles. The number of anilines is 1. The average molecular weight is 292 g/mol. The first kappa shape index (κ1) is 15.2. The van der Waals surface area contributed by atoms with E-state index in [-0.39, 0.29) is 18.1 Å². The van der Waals surface area contributed by atoms with Crippen molar-refractivity contribution in [2.75, 3.05) is 32.5 Å². The number of hydrogen-bond donors (Lipinski definition) is 1. The van der Waals surface area contributed by atoms with Crippen molar-refractivity contribution in [3.63, 3.8) is 0 Å². The molecule has 0 aromatic heterocycles. The Balaban J connectivity index is 1.95. The van der Waals surface area contributed by atoms with Crippen LogP contribution < -0.4 is 10.5 Å². The minimum absolute atomic E-state index is 0.161. The number of likely N-dealkylation sites (tertiary alicyclic amines) is 1. The molecule has 0 spiro atoms. The van der Waals surface area contributed by atoms with Crippen LogP contribution in [0.5, 0.6) is 5.75 Å². The molecule has 1 fully saturated rings. The van der Waals surface area contributed by atoms with Crippen molar-refractivity contribution in [3.05, 3.63) is 23.8 Å². The van der Waals surface area contributed by atoms with Crippen molar-refractivity contribution in [1.82, 2.24) is 4.90 Å². The minimum Gasteiger partial charge on any atom is -0.496 e. The van der Waals surface area contributed by atoms with Crippen LogP contribution in [0.25, 0.3) is 0 Å². The fourth-order valence-corrected chi connectivity index (χ4v) is 2.32. The van der Waals surface area contributed by atoms with Crippen LogP contribution in [0.15, 0.2) is 18.2 Å². The fraction of sp³-hybridized carbons (Fsp3) is 0.467. The number of ether oxygens (including phenoxy) is 2. The van der Waals surface area contributed by atoms with E-state index < -0.39 is 5.97 Å². The van der Waals surface area contributed by atoms with Crippen LogP contribution >= 0.6 is 0 Å².